The molecule has 1 aliphatic carbocycles. The van der Waals surface area contributed by atoms with Gasteiger partial charge in [0.25, 0.3) is 0 Å². The van der Waals surface area contributed by atoms with Crippen LogP contribution >= 0.6 is 0 Å². The Balaban J connectivity index is 1.74. The van der Waals surface area contributed by atoms with E-state index in [0.717, 1.165) is 43.1 Å². The van der Waals surface area contributed by atoms with Crippen molar-refractivity contribution in [2.24, 2.45) is 10.7 Å². The highest BCUT2D eigenvalue weighted by molar-refractivity contribution is 6.01. The maximum Gasteiger partial charge on any atom is 0.412 e. The molecular formula is C19H21N5O2. The average molecular weight is 351 g/mol. The zero-order valence-electron chi connectivity index (χ0n) is 14.3. The van der Waals surface area contributed by atoms with E-state index in [-0.39, 0.29) is 11.9 Å². The van der Waals surface area contributed by atoms with Crippen LogP contribution in [0.25, 0.3) is 11.1 Å². The number of aliphatic imine (C=N–C) groups is 1. The molecule has 1 amide bonds. The monoisotopic (exact) mass is 351 g/mol. The van der Waals surface area contributed by atoms with Gasteiger partial charge in [0, 0.05) is 29.6 Å². The fourth-order valence-electron chi connectivity index (χ4n) is 2.99. The molecule has 0 unspecified atom stereocenters. The molecule has 1 aromatic carbocycles. The largest absolute Gasteiger partial charge is 0.412 e. The third-order valence-electron chi connectivity index (χ3n) is 4.29. The molecule has 1 saturated carbocycles. The lowest BCUT2D eigenvalue weighted by atomic mass is 10.1. The summed E-state index contributed by atoms with van der Waals surface area (Å²) in [6.07, 6.45) is 8.05. The molecule has 3 rings (SSSR count). The van der Waals surface area contributed by atoms with Gasteiger partial charge in [0.2, 0.25) is 0 Å². The number of pyridine rings is 1. The van der Waals surface area contributed by atoms with E-state index in [1.165, 1.54) is 0 Å². The summed E-state index contributed by atoms with van der Waals surface area (Å²) < 4.78 is 5.41. The van der Waals surface area contributed by atoms with Gasteiger partial charge in [0.1, 0.15) is 17.9 Å². The van der Waals surface area contributed by atoms with E-state index in [2.05, 4.69) is 15.3 Å². The van der Waals surface area contributed by atoms with Crippen LogP contribution < -0.4 is 15.8 Å². The Bertz CT molecular complexity index is 828. The van der Waals surface area contributed by atoms with Crippen LogP contribution in [-0.4, -0.2) is 29.3 Å². The van der Waals surface area contributed by atoms with Crippen LogP contribution in [0.1, 0.15) is 31.2 Å². The number of hydrogen-bond acceptors (Lipinski definition) is 4. The Morgan fingerprint density at radius 2 is 2.08 bits per heavy atom. The van der Waals surface area contributed by atoms with Crippen LogP contribution in [0.5, 0.6) is 5.75 Å². The Morgan fingerprint density at radius 3 is 2.85 bits per heavy atom. The van der Waals surface area contributed by atoms with Gasteiger partial charge >= 0.3 is 6.09 Å². The molecule has 7 heteroatoms. The molecule has 134 valence electrons. The van der Waals surface area contributed by atoms with Crippen molar-refractivity contribution in [1.29, 1.82) is 5.41 Å². The van der Waals surface area contributed by atoms with Gasteiger partial charge in [-0.05, 0) is 36.6 Å². The Labute approximate surface area is 151 Å². The predicted molar refractivity (Wildman–Crippen MR) is 101 cm³/mol. The summed E-state index contributed by atoms with van der Waals surface area (Å²) in [5.74, 6) is 0.683. The molecule has 0 spiro atoms. The SMILES string of the molecule is N=CN=C(N)c1cncc(-c2cccc(OC(=O)NC3CCCC3)c2)c1. The number of nitrogens with one attached hydrogen (secondary N) is 2. The Morgan fingerprint density at radius 1 is 1.27 bits per heavy atom. The standard InChI is InChI=1S/C19H21N5O2/c20-12-23-18(21)15-8-14(10-22-11-15)13-4-3-7-17(9-13)26-19(25)24-16-5-1-2-6-16/h3-4,7-12,16H,1-2,5-6H2,(H,24,25)(H3,20,21,23). The first kappa shape index (κ1) is 17.6. The fraction of sp³-hybridized carbons (Fsp3) is 0.263. The molecule has 26 heavy (non-hydrogen) atoms. The minimum absolute atomic E-state index is 0.211. The highest BCUT2D eigenvalue weighted by atomic mass is 16.6. The summed E-state index contributed by atoms with van der Waals surface area (Å²) in [4.78, 5) is 20.0. The van der Waals surface area contributed by atoms with Gasteiger partial charge in [0.05, 0.1) is 0 Å². The molecule has 0 atom stereocenters. The van der Waals surface area contributed by atoms with Crippen LogP contribution in [0.4, 0.5) is 4.79 Å². The molecular weight excluding hydrogens is 330 g/mol. The van der Waals surface area contributed by atoms with Gasteiger partial charge in [-0.1, -0.05) is 25.0 Å². The summed E-state index contributed by atoms with van der Waals surface area (Å²) in [5, 5.41) is 9.90. The summed E-state index contributed by atoms with van der Waals surface area (Å²) in [6, 6.07) is 9.26. The quantitative estimate of drug-likeness (QED) is 0.567. The molecule has 0 radical (unpaired) electrons. The molecule has 0 bridgehead atoms. The highest BCUT2D eigenvalue weighted by Gasteiger charge is 2.18. The first-order chi connectivity index (χ1) is 12.7. The number of nitrogens with two attached hydrogens (primary N) is 1. The molecule has 1 heterocycles. The zero-order chi connectivity index (χ0) is 18.4. The second-order valence-corrected chi connectivity index (χ2v) is 6.15. The highest BCUT2D eigenvalue weighted by Crippen LogP contribution is 2.24. The van der Waals surface area contributed by atoms with E-state index in [1.54, 1.807) is 24.5 Å². The van der Waals surface area contributed by atoms with Crippen LogP contribution in [-0.2, 0) is 0 Å². The van der Waals surface area contributed by atoms with Crippen LogP contribution in [0, 0.1) is 5.41 Å². The van der Waals surface area contributed by atoms with Crippen molar-refractivity contribution < 1.29 is 9.53 Å². The number of amidine groups is 1. The van der Waals surface area contributed by atoms with Gasteiger partial charge in [-0.25, -0.2) is 9.79 Å². The smallest absolute Gasteiger partial charge is 0.410 e. The van der Waals surface area contributed by atoms with Gasteiger partial charge in [-0.2, -0.15) is 0 Å². The topological polar surface area (TPSA) is 113 Å². The maximum absolute atomic E-state index is 12.0. The predicted octanol–water partition coefficient (Wildman–Crippen LogP) is 3.09. The number of benzene rings is 1. The second kappa shape index (κ2) is 8.24. The van der Waals surface area contributed by atoms with Crippen LogP contribution in [0.15, 0.2) is 47.7 Å². The molecule has 7 nitrogen and oxygen atoms in total. The lowest BCUT2D eigenvalue weighted by Gasteiger charge is -2.12. The third kappa shape index (κ3) is 4.44. The van der Waals surface area contributed by atoms with Gasteiger partial charge in [0.15, 0.2) is 0 Å². The molecule has 0 saturated heterocycles. The number of rotatable bonds is 5. The van der Waals surface area contributed by atoms with Crippen molar-refractivity contribution in [3.05, 3.63) is 48.3 Å². The molecule has 1 aromatic heterocycles. The van der Waals surface area contributed by atoms with E-state index < -0.39 is 6.09 Å². The first-order valence-corrected chi connectivity index (χ1v) is 8.52. The van der Waals surface area contributed by atoms with Crippen LogP contribution in [0.3, 0.4) is 0 Å². The van der Waals surface area contributed by atoms with Gasteiger partial charge in [-0.15, -0.1) is 0 Å². The molecule has 0 aliphatic heterocycles. The van der Waals surface area contributed by atoms with E-state index in [1.807, 2.05) is 18.2 Å². The van der Waals surface area contributed by atoms with Crippen molar-refractivity contribution in [3.8, 4) is 16.9 Å². The number of hydrogen-bond donors (Lipinski definition) is 3. The number of carbonyl (C=O) groups excluding carboxylic acids is 1. The molecule has 2 aromatic rings. The number of amides is 1. The van der Waals surface area contributed by atoms with Crippen molar-refractivity contribution in [2.75, 3.05) is 0 Å². The van der Waals surface area contributed by atoms with E-state index in [9.17, 15) is 4.79 Å². The Hall–Kier alpha value is -3.22. The number of ether oxygens (including phenoxy) is 1. The van der Waals surface area contributed by atoms with E-state index in [0.29, 0.717) is 11.3 Å². The molecule has 1 aliphatic rings. The summed E-state index contributed by atoms with van der Waals surface area (Å²) >= 11 is 0. The lowest BCUT2D eigenvalue weighted by Crippen LogP contribution is -2.34. The zero-order valence-corrected chi connectivity index (χ0v) is 14.3. The second-order valence-electron chi connectivity index (χ2n) is 6.15. The van der Waals surface area contributed by atoms with Crippen molar-refractivity contribution >= 4 is 18.3 Å². The van der Waals surface area contributed by atoms with E-state index in [4.69, 9.17) is 15.9 Å². The van der Waals surface area contributed by atoms with Crippen molar-refractivity contribution in [2.45, 2.75) is 31.7 Å². The molecule has 4 N–H and O–H groups in total. The van der Waals surface area contributed by atoms with Gasteiger partial charge in [-0.3, -0.25) is 10.4 Å². The van der Waals surface area contributed by atoms with Crippen LogP contribution in [0.2, 0.25) is 0 Å². The lowest BCUT2D eigenvalue weighted by molar-refractivity contribution is 0.196. The average Bonchev–Trinajstić information content (AvgIpc) is 3.15. The number of nitrogens with zero attached hydrogens (tertiary/aromatic N) is 2. The third-order valence-corrected chi connectivity index (χ3v) is 4.29. The summed E-state index contributed by atoms with van der Waals surface area (Å²) in [5.41, 5.74) is 8.08. The molecule has 1 fully saturated rings. The number of aromatic nitrogens is 1. The first-order valence-electron chi connectivity index (χ1n) is 8.52. The summed E-state index contributed by atoms with van der Waals surface area (Å²) in [6.45, 7) is 0. The van der Waals surface area contributed by atoms with Gasteiger partial charge < -0.3 is 15.8 Å². The fourth-order valence-corrected chi connectivity index (χ4v) is 2.99. The minimum atomic E-state index is -0.428. The normalized spacial score (nSPS) is 14.8. The maximum atomic E-state index is 12.0. The number of carbonyl (C=O) groups is 1. The van der Waals surface area contributed by atoms with Crippen molar-refractivity contribution in [3.63, 3.8) is 0 Å². The Kier molecular flexibility index (Phi) is 5.58. The van der Waals surface area contributed by atoms with E-state index >= 15 is 0 Å². The van der Waals surface area contributed by atoms with Crippen molar-refractivity contribution in [1.82, 2.24) is 10.3 Å². The minimum Gasteiger partial charge on any atom is -0.410 e. The summed E-state index contributed by atoms with van der Waals surface area (Å²) in [7, 11) is 0.